The topological polar surface area (TPSA) is 21.3 Å². The molecule has 13 heavy (non-hydrogen) atoms. The molecule has 0 aromatic rings. The molecule has 0 aromatic carbocycles. The Balaban J connectivity index is 3.62. The highest BCUT2D eigenvalue weighted by Gasteiger charge is 2.08. The summed E-state index contributed by atoms with van der Waals surface area (Å²) in [7, 11) is 1.75. The van der Waals surface area contributed by atoms with E-state index in [2.05, 4.69) is 25.7 Å². The summed E-state index contributed by atoms with van der Waals surface area (Å²) in [4.78, 5) is 0. The van der Waals surface area contributed by atoms with Gasteiger partial charge >= 0.3 is 0 Å². The highest BCUT2D eigenvalue weighted by molar-refractivity contribution is 4.86. The van der Waals surface area contributed by atoms with E-state index < -0.39 is 0 Å². The summed E-state index contributed by atoms with van der Waals surface area (Å²) < 4.78 is 5.09. The van der Waals surface area contributed by atoms with Crippen molar-refractivity contribution in [1.82, 2.24) is 5.32 Å². The number of hydrogen-bond acceptors (Lipinski definition) is 2. The van der Waals surface area contributed by atoms with E-state index in [0.29, 0.717) is 12.0 Å². The van der Waals surface area contributed by atoms with Crippen molar-refractivity contribution in [3.63, 3.8) is 0 Å². The first-order valence-electron chi connectivity index (χ1n) is 5.09. The van der Waals surface area contributed by atoms with Crippen molar-refractivity contribution in [2.24, 2.45) is 5.92 Å². The Morgan fingerprint density at radius 3 is 2.69 bits per heavy atom. The summed E-state index contributed by atoms with van der Waals surface area (Å²) in [6, 6.07) is 0.435. The zero-order valence-corrected chi connectivity index (χ0v) is 9.18. The predicted octanol–water partition coefficient (Wildman–Crippen LogP) is 2.21. The smallest absolute Gasteiger partial charge is 0.0488 e. The van der Waals surface area contributed by atoms with Crippen LogP contribution in [0.2, 0.25) is 0 Å². The van der Waals surface area contributed by atoms with Crippen molar-refractivity contribution in [3.05, 3.63) is 12.7 Å². The van der Waals surface area contributed by atoms with Gasteiger partial charge in [0.2, 0.25) is 0 Å². The molecule has 2 atom stereocenters. The molecule has 2 nitrogen and oxygen atoms in total. The third-order valence-electron chi connectivity index (χ3n) is 2.05. The minimum Gasteiger partial charge on any atom is -0.384 e. The van der Waals surface area contributed by atoms with Crippen LogP contribution < -0.4 is 5.32 Å². The first-order valence-corrected chi connectivity index (χ1v) is 5.09. The zero-order chi connectivity index (χ0) is 10.1. The van der Waals surface area contributed by atoms with Gasteiger partial charge in [-0.15, -0.1) is 6.58 Å². The van der Waals surface area contributed by atoms with Gasteiger partial charge < -0.3 is 10.1 Å². The monoisotopic (exact) mass is 185 g/mol. The third kappa shape index (κ3) is 6.79. The lowest BCUT2D eigenvalue weighted by molar-refractivity contribution is 0.152. The molecular weight excluding hydrogens is 162 g/mol. The molecule has 0 saturated carbocycles. The van der Waals surface area contributed by atoms with E-state index in [1.807, 2.05) is 6.08 Å². The van der Waals surface area contributed by atoms with Crippen LogP contribution in [0.25, 0.3) is 0 Å². The Kier molecular flexibility index (Phi) is 8.05. The van der Waals surface area contributed by atoms with Crippen LogP contribution in [0.3, 0.4) is 0 Å². The second kappa shape index (κ2) is 8.27. The van der Waals surface area contributed by atoms with Gasteiger partial charge in [-0.05, 0) is 25.3 Å². The van der Waals surface area contributed by atoms with Crippen LogP contribution in [0.15, 0.2) is 12.7 Å². The molecule has 2 heteroatoms. The van der Waals surface area contributed by atoms with E-state index >= 15 is 0 Å². The average molecular weight is 185 g/mol. The standard InChI is InChI=1S/C11H23NO/c1-5-7-12-11(6-2)8-10(3)9-13-4/h6,10-12H,2,5,7-9H2,1,3-4H3. The normalized spacial score (nSPS) is 15.3. The maximum Gasteiger partial charge on any atom is 0.0488 e. The Morgan fingerprint density at radius 2 is 2.23 bits per heavy atom. The average Bonchev–Trinajstić information content (AvgIpc) is 2.12. The van der Waals surface area contributed by atoms with E-state index in [1.54, 1.807) is 7.11 Å². The fraction of sp³-hybridized carbons (Fsp3) is 0.818. The molecule has 0 aromatic heterocycles. The number of rotatable bonds is 8. The van der Waals surface area contributed by atoms with Crippen LogP contribution in [0.5, 0.6) is 0 Å². The molecule has 0 saturated heterocycles. The molecule has 0 heterocycles. The van der Waals surface area contributed by atoms with Crippen molar-refractivity contribution in [2.75, 3.05) is 20.3 Å². The van der Waals surface area contributed by atoms with E-state index in [1.165, 1.54) is 6.42 Å². The molecular formula is C11H23NO. The SMILES string of the molecule is C=CC(CC(C)COC)NCCC. The van der Waals surface area contributed by atoms with E-state index in [9.17, 15) is 0 Å². The van der Waals surface area contributed by atoms with Crippen LogP contribution in [0.4, 0.5) is 0 Å². The van der Waals surface area contributed by atoms with Gasteiger partial charge in [-0.25, -0.2) is 0 Å². The van der Waals surface area contributed by atoms with Crippen LogP contribution in [-0.2, 0) is 4.74 Å². The van der Waals surface area contributed by atoms with Crippen LogP contribution in [0, 0.1) is 5.92 Å². The van der Waals surface area contributed by atoms with Gasteiger partial charge in [0.05, 0.1) is 0 Å². The van der Waals surface area contributed by atoms with Crippen molar-refractivity contribution < 1.29 is 4.74 Å². The Hall–Kier alpha value is -0.340. The molecule has 0 rings (SSSR count). The largest absolute Gasteiger partial charge is 0.384 e. The summed E-state index contributed by atoms with van der Waals surface area (Å²) in [5.74, 6) is 0.595. The van der Waals surface area contributed by atoms with Crippen molar-refractivity contribution >= 4 is 0 Å². The summed E-state index contributed by atoms with van der Waals surface area (Å²) >= 11 is 0. The van der Waals surface area contributed by atoms with Gasteiger partial charge in [0.15, 0.2) is 0 Å². The molecule has 0 aliphatic heterocycles. The van der Waals surface area contributed by atoms with E-state index in [4.69, 9.17) is 4.74 Å². The third-order valence-corrected chi connectivity index (χ3v) is 2.05. The zero-order valence-electron chi connectivity index (χ0n) is 9.18. The first-order chi connectivity index (χ1) is 6.24. The molecule has 0 bridgehead atoms. The first kappa shape index (κ1) is 12.7. The molecule has 78 valence electrons. The summed E-state index contributed by atoms with van der Waals surface area (Å²) in [5.41, 5.74) is 0. The molecule has 0 spiro atoms. The lowest BCUT2D eigenvalue weighted by Gasteiger charge is -2.18. The quantitative estimate of drug-likeness (QED) is 0.585. The van der Waals surface area contributed by atoms with Gasteiger partial charge in [0.25, 0.3) is 0 Å². The maximum atomic E-state index is 5.09. The van der Waals surface area contributed by atoms with Gasteiger partial charge in [0, 0.05) is 19.8 Å². The van der Waals surface area contributed by atoms with Gasteiger partial charge in [-0.3, -0.25) is 0 Å². The Labute approximate surface area is 82.4 Å². The van der Waals surface area contributed by atoms with Crippen molar-refractivity contribution in [2.45, 2.75) is 32.7 Å². The maximum absolute atomic E-state index is 5.09. The fourth-order valence-electron chi connectivity index (χ4n) is 1.38. The summed E-state index contributed by atoms with van der Waals surface area (Å²) in [6.07, 6.45) is 4.27. The number of hydrogen-bond donors (Lipinski definition) is 1. The highest BCUT2D eigenvalue weighted by Crippen LogP contribution is 2.06. The lowest BCUT2D eigenvalue weighted by Crippen LogP contribution is -2.30. The van der Waals surface area contributed by atoms with Crippen molar-refractivity contribution in [1.29, 1.82) is 0 Å². The number of nitrogens with one attached hydrogen (secondary N) is 1. The summed E-state index contributed by atoms with van der Waals surface area (Å²) in [5, 5.41) is 3.43. The Morgan fingerprint density at radius 1 is 1.54 bits per heavy atom. The van der Waals surface area contributed by atoms with E-state index in [0.717, 1.165) is 19.6 Å². The lowest BCUT2D eigenvalue weighted by atomic mass is 10.0. The van der Waals surface area contributed by atoms with Gasteiger partial charge in [-0.1, -0.05) is 19.9 Å². The molecule has 0 radical (unpaired) electrons. The highest BCUT2D eigenvalue weighted by atomic mass is 16.5. The fourth-order valence-corrected chi connectivity index (χ4v) is 1.38. The second-order valence-corrected chi connectivity index (χ2v) is 3.59. The summed E-state index contributed by atoms with van der Waals surface area (Å²) in [6.45, 7) is 10.1. The minimum absolute atomic E-state index is 0.435. The molecule has 0 aliphatic rings. The molecule has 1 N–H and O–H groups in total. The number of ether oxygens (including phenoxy) is 1. The number of methoxy groups -OCH3 is 1. The Bertz CT molecular complexity index is 125. The second-order valence-electron chi connectivity index (χ2n) is 3.59. The van der Waals surface area contributed by atoms with Gasteiger partial charge in [-0.2, -0.15) is 0 Å². The molecule has 2 unspecified atom stereocenters. The van der Waals surface area contributed by atoms with Crippen molar-refractivity contribution in [3.8, 4) is 0 Å². The van der Waals surface area contributed by atoms with Crippen LogP contribution in [-0.4, -0.2) is 26.3 Å². The molecule has 0 fully saturated rings. The molecule has 0 aliphatic carbocycles. The van der Waals surface area contributed by atoms with Gasteiger partial charge in [0.1, 0.15) is 0 Å². The minimum atomic E-state index is 0.435. The van der Waals surface area contributed by atoms with Crippen LogP contribution in [0.1, 0.15) is 26.7 Å². The predicted molar refractivity (Wildman–Crippen MR) is 57.9 cm³/mol. The van der Waals surface area contributed by atoms with E-state index in [-0.39, 0.29) is 0 Å². The van der Waals surface area contributed by atoms with Crippen LogP contribution >= 0.6 is 0 Å². The molecule has 0 amide bonds.